The van der Waals surface area contributed by atoms with Gasteiger partial charge in [0.15, 0.2) is 0 Å². The second-order valence-electron chi connectivity index (χ2n) is 9.32. The summed E-state index contributed by atoms with van der Waals surface area (Å²) in [4.78, 5) is 17.4. The van der Waals surface area contributed by atoms with E-state index in [-0.39, 0.29) is 5.97 Å². The number of esters is 1. The van der Waals surface area contributed by atoms with E-state index < -0.39 is 0 Å². The van der Waals surface area contributed by atoms with Crippen LogP contribution < -0.4 is 4.74 Å². The number of methoxy groups -OCH3 is 1. The maximum atomic E-state index is 11.5. The van der Waals surface area contributed by atoms with Crippen molar-refractivity contribution in [1.29, 1.82) is 0 Å². The van der Waals surface area contributed by atoms with Gasteiger partial charge in [-0.2, -0.15) is 0 Å². The molecule has 6 heteroatoms. The number of ether oxygens (including phenoxy) is 2. The molecule has 0 fully saturated rings. The van der Waals surface area contributed by atoms with E-state index in [1.54, 1.807) is 0 Å². The van der Waals surface area contributed by atoms with E-state index in [0.717, 1.165) is 43.7 Å². The first kappa shape index (κ1) is 25.1. The second kappa shape index (κ2) is 11.7. The fourth-order valence-corrected chi connectivity index (χ4v) is 5.29. The van der Waals surface area contributed by atoms with Crippen LogP contribution in [0, 0.1) is 0 Å². The molecular weight excluding hydrogens is 484 g/mol. The van der Waals surface area contributed by atoms with E-state index in [0.29, 0.717) is 17.7 Å². The Morgan fingerprint density at radius 1 is 1.11 bits per heavy atom. The van der Waals surface area contributed by atoms with E-state index in [2.05, 4.69) is 58.5 Å². The zero-order chi connectivity index (χ0) is 25.6. The van der Waals surface area contributed by atoms with Gasteiger partial charge in [-0.1, -0.05) is 48.0 Å². The Bertz CT molecular complexity index is 1390. The topological polar surface area (TPSA) is 54.6 Å². The molecule has 3 aromatic carbocycles. The zero-order valence-corrected chi connectivity index (χ0v) is 21.7. The minimum atomic E-state index is -0.345. The molecule has 0 aliphatic heterocycles. The molecule has 1 aromatic heterocycles. The van der Waals surface area contributed by atoms with Gasteiger partial charge in [0.05, 0.1) is 7.11 Å². The molecular formula is C31H31ClN2O3. The molecule has 0 amide bonds. The van der Waals surface area contributed by atoms with E-state index in [4.69, 9.17) is 21.1 Å². The van der Waals surface area contributed by atoms with Crippen molar-refractivity contribution in [2.75, 3.05) is 26.8 Å². The molecule has 1 unspecified atom stereocenters. The molecule has 5 rings (SSSR count). The summed E-state index contributed by atoms with van der Waals surface area (Å²) in [6.07, 6.45) is 8.45. The summed E-state index contributed by atoms with van der Waals surface area (Å²) in [5.41, 5.74) is 6.23. The molecule has 1 aliphatic rings. The molecule has 1 heterocycles. The number of para-hydroxylation sites is 1. The largest absolute Gasteiger partial charge is 0.492 e. The summed E-state index contributed by atoms with van der Waals surface area (Å²) < 4.78 is 10.8. The standard InChI is InChI=1S/C31H31ClN2O3/c1-36-31(35)15-7-22-6-13-28-23(20-22)8-14-30(28)34(18-19-37-26-11-9-25(32)10-12-26)17-16-24-21-33-29-5-3-2-4-27(24)29/h2-7,9-13,15,20-21,30,33H,8,14,16-19H2,1H3. The molecule has 0 spiro atoms. The Hall–Kier alpha value is -3.54. The molecule has 5 nitrogen and oxygen atoms in total. The van der Waals surface area contributed by atoms with E-state index in [1.165, 1.54) is 40.8 Å². The van der Waals surface area contributed by atoms with Crippen molar-refractivity contribution in [3.8, 4) is 5.75 Å². The van der Waals surface area contributed by atoms with Gasteiger partial charge in [-0.15, -0.1) is 0 Å². The number of carbonyl (C=O) groups is 1. The van der Waals surface area contributed by atoms with Crippen molar-refractivity contribution in [2.24, 2.45) is 0 Å². The van der Waals surface area contributed by atoms with Crippen LogP contribution in [0.25, 0.3) is 17.0 Å². The number of hydrogen-bond donors (Lipinski definition) is 1. The van der Waals surface area contributed by atoms with Crippen LogP contribution >= 0.6 is 11.6 Å². The zero-order valence-electron chi connectivity index (χ0n) is 21.0. The third-order valence-electron chi connectivity index (χ3n) is 7.07. The lowest BCUT2D eigenvalue weighted by atomic mass is 10.0. The number of nitrogens with one attached hydrogen (secondary N) is 1. The Kier molecular flexibility index (Phi) is 7.93. The Labute approximate surface area is 222 Å². The Balaban J connectivity index is 1.32. The molecule has 4 aromatic rings. The Morgan fingerprint density at radius 2 is 1.95 bits per heavy atom. The van der Waals surface area contributed by atoms with Gasteiger partial charge in [0.25, 0.3) is 0 Å². The van der Waals surface area contributed by atoms with Gasteiger partial charge in [0, 0.05) is 47.3 Å². The van der Waals surface area contributed by atoms with Gasteiger partial charge < -0.3 is 14.5 Å². The van der Waals surface area contributed by atoms with E-state index in [1.807, 2.05) is 30.3 Å². The predicted molar refractivity (Wildman–Crippen MR) is 149 cm³/mol. The summed E-state index contributed by atoms with van der Waals surface area (Å²) in [5, 5.41) is 1.99. The third kappa shape index (κ3) is 6.07. The first-order valence-electron chi connectivity index (χ1n) is 12.7. The van der Waals surface area contributed by atoms with Crippen LogP contribution in [0.5, 0.6) is 5.75 Å². The van der Waals surface area contributed by atoms with Crippen molar-refractivity contribution >= 4 is 34.5 Å². The van der Waals surface area contributed by atoms with Crippen LogP contribution in [0.4, 0.5) is 0 Å². The summed E-state index contributed by atoms with van der Waals surface area (Å²) in [7, 11) is 1.39. The molecule has 37 heavy (non-hydrogen) atoms. The second-order valence-corrected chi connectivity index (χ2v) is 9.75. The first-order valence-corrected chi connectivity index (χ1v) is 13.0. The molecule has 0 saturated carbocycles. The highest BCUT2D eigenvalue weighted by molar-refractivity contribution is 6.30. The monoisotopic (exact) mass is 514 g/mol. The highest BCUT2D eigenvalue weighted by Crippen LogP contribution is 2.37. The quantitative estimate of drug-likeness (QED) is 0.191. The van der Waals surface area contributed by atoms with Gasteiger partial charge in [0.1, 0.15) is 12.4 Å². The van der Waals surface area contributed by atoms with Crippen molar-refractivity contribution in [2.45, 2.75) is 25.3 Å². The number of halogens is 1. The molecule has 1 N–H and O–H groups in total. The molecule has 0 radical (unpaired) electrons. The Morgan fingerprint density at radius 3 is 2.78 bits per heavy atom. The number of benzene rings is 3. The number of nitrogens with zero attached hydrogens (tertiary/aromatic N) is 1. The van der Waals surface area contributed by atoms with Crippen molar-refractivity contribution < 1.29 is 14.3 Å². The van der Waals surface area contributed by atoms with E-state index in [9.17, 15) is 4.79 Å². The van der Waals surface area contributed by atoms with Crippen LogP contribution in [-0.2, 0) is 22.4 Å². The highest BCUT2D eigenvalue weighted by Gasteiger charge is 2.28. The molecule has 1 atom stereocenters. The lowest BCUT2D eigenvalue weighted by Crippen LogP contribution is -2.33. The molecule has 190 valence electrons. The fraction of sp³-hybridized carbons (Fsp3) is 0.258. The van der Waals surface area contributed by atoms with Crippen molar-refractivity contribution in [1.82, 2.24) is 9.88 Å². The average molecular weight is 515 g/mol. The lowest BCUT2D eigenvalue weighted by Gasteiger charge is -2.29. The first-order chi connectivity index (χ1) is 18.1. The minimum Gasteiger partial charge on any atom is -0.492 e. The summed E-state index contributed by atoms with van der Waals surface area (Å²) >= 11 is 6.02. The van der Waals surface area contributed by atoms with Crippen LogP contribution in [-0.4, -0.2) is 42.7 Å². The van der Waals surface area contributed by atoms with Gasteiger partial charge in [-0.25, -0.2) is 4.79 Å². The van der Waals surface area contributed by atoms with Gasteiger partial charge >= 0.3 is 5.97 Å². The van der Waals surface area contributed by atoms with Crippen LogP contribution in [0.2, 0.25) is 5.02 Å². The lowest BCUT2D eigenvalue weighted by molar-refractivity contribution is -0.134. The normalized spacial score (nSPS) is 14.9. The van der Waals surface area contributed by atoms with Crippen molar-refractivity contribution in [3.63, 3.8) is 0 Å². The number of aryl methyl sites for hydroxylation is 1. The average Bonchev–Trinajstić information content (AvgIpc) is 3.54. The summed E-state index contributed by atoms with van der Waals surface area (Å²) in [5.74, 6) is 0.484. The number of aromatic amines is 1. The van der Waals surface area contributed by atoms with Gasteiger partial charge in [0.2, 0.25) is 0 Å². The van der Waals surface area contributed by atoms with Gasteiger partial charge in [-0.05, 0) is 77.9 Å². The molecule has 0 saturated heterocycles. The summed E-state index contributed by atoms with van der Waals surface area (Å²) in [6.45, 7) is 2.35. The maximum absolute atomic E-state index is 11.5. The number of hydrogen-bond acceptors (Lipinski definition) is 4. The SMILES string of the molecule is COC(=O)C=Cc1ccc2c(c1)CCC2N(CCOc1ccc(Cl)cc1)CCc1c[nH]c2ccccc12. The van der Waals surface area contributed by atoms with Crippen LogP contribution in [0.15, 0.2) is 79.0 Å². The minimum absolute atomic E-state index is 0.327. The predicted octanol–water partition coefficient (Wildman–Crippen LogP) is 6.62. The van der Waals surface area contributed by atoms with E-state index >= 15 is 0 Å². The molecule has 1 aliphatic carbocycles. The third-order valence-corrected chi connectivity index (χ3v) is 7.32. The number of H-pyrrole nitrogens is 1. The van der Waals surface area contributed by atoms with Crippen LogP contribution in [0.3, 0.4) is 0 Å². The van der Waals surface area contributed by atoms with Crippen molar-refractivity contribution in [3.05, 3.63) is 106 Å². The highest BCUT2D eigenvalue weighted by atomic mass is 35.5. The van der Waals surface area contributed by atoms with Gasteiger partial charge in [-0.3, -0.25) is 4.90 Å². The van der Waals surface area contributed by atoms with Crippen LogP contribution in [0.1, 0.15) is 34.7 Å². The number of aromatic nitrogens is 1. The number of carbonyl (C=O) groups excluding carboxylic acids is 1. The fourth-order valence-electron chi connectivity index (χ4n) is 5.17. The smallest absolute Gasteiger partial charge is 0.330 e. The number of rotatable bonds is 10. The number of fused-ring (bicyclic) bond motifs is 2. The maximum Gasteiger partial charge on any atom is 0.330 e. The summed E-state index contributed by atoms with van der Waals surface area (Å²) in [6, 6.07) is 22.8. The molecule has 0 bridgehead atoms.